The predicted molar refractivity (Wildman–Crippen MR) is 110 cm³/mol. The highest BCUT2D eigenvalue weighted by Gasteiger charge is 2.38. The first-order chi connectivity index (χ1) is 14.2. The molecule has 0 radical (unpaired) electrons. The van der Waals surface area contributed by atoms with Gasteiger partial charge in [0.05, 0.1) is 24.4 Å². The third-order valence-corrected chi connectivity index (χ3v) is 5.26. The Hall–Kier alpha value is -3.07. The summed E-state index contributed by atoms with van der Waals surface area (Å²) in [6.45, 7) is 6.16. The average Bonchev–Trinajstić information content (AvgIpc) is 2.69. The molecule has 158 valence electrons. The number of aromatic nitrogens is 3. The Kier molecular flexibility index (Phi) is 4.93. The Morgan fingerprint density at radius 3 is 2.67 bits per heavy atom. The van der Waals surface area contributed by atoms with Gasteiger partial charge in [-0.2, -0.15) is 5.10 Å². The molecule has 3 heterocycles. The number of nitrogens with one attached hydrogen (secondary N) is 1. The Bertz CT molecular complexity index is 1110. The van der Waals surface area contributed by atoms with Crippen LogP contribution < -0.4 is 15.0 Å². The number of methoxy groups -OCH3 is 1. The van der Waals surface area contributed by atoms with Crippen molar-refractivity contribution in [2.75, 3.05) is 30.4 Å². The molecule has 1 aromatic carbocycles. The molecule has 0 bridgehead atoms. The molecule has 1 aliphatic rings. The minimum atomic E-state index is -0.903. The van der Waals surface area contributed by atoms with Crippen LogP contribution in [0.15, 0.2) is 24.3 Å². The van der Waals surface area contributed by atoms with Gasteiger partial charge in [-0.3, -0.25) is 0 Å². The van der Waals surface area contributed by atoms with Gasteiger partial charge in [0, 0.05) is 24.0 Å². The standard InChI is InChI=1S/C21H23F2N5O2/c1-11(13-6-5-7-15(22)17(13)23)24-19-14-8-16(28-9-21(3,29)10-28)20(30-4)25-18(14)12(2)26-27-19/h5-8,11,29H,9-10H2,1-4H3,(H,24,27)/t11-/m1/s1. The first kappa shape index (κ1) is 20.2. The van der Waals surface area contributed by atoms with Crippen molar-refractivity contribution in [1.82, 2.24) is 15.2 Å². The largest absolute Gasteiger partial charge is 0.480 e. The van der Waals surface area contributed by atoms with Gasteiger partial charge < -0.3 is 20.1 Å². The van der Waals surface area contributed by atoms with E-state index in [-0.39, 0.29) is 5.56 Å². The van der Waals surface area contributed by atoms with E-state index in [1.807, 2.05) is 11.0 Å². The molecule has 1 atom stereocenters. The van der Waals surface area contributed by atoms with E-state index in [9.17, 15) is 13.9 Å². The summed E-state index contributed by atoms with van der Waals surface area (Å²) in [6, 6.07) is 5.38. The Morgan fingerprint density at radius 1 is 1.27 bits per heavy atom. The summed E-state index contributed by atoms with van der Waals surface area (Å²) in [5.74, 6) is -0.982. The number of β-amino-alcohol motifs (C(OH)–C–C–N with tert-alkyl or cyclic N) is 1. The molecule has 2 aromatic heterocycles. The van der Waals surface area contributed by atoms with Crippen molar-refractivity contribution in [3.05, 3.63) is 47.2 Å². The summed E-state index contributed by atoms with van der Waals surface area (Å²) < 4.78 is 33.3. The Morgan fingerprint density at radius 2 is 2.00 bits per heavy atom. The molecule has 30 heavy (non-hydrogen) atoms. The highest BCUT2D eigenvalue weighted by Crippen LogP contribution is 2.38. The van der Waals surface area contributed by atoms with E-state index >= 15 is 0 Å². The summed E-state index contributed by atoms with van der Waals surface area (Å²) in [4.78, 5) is 6.55. The van der Waals surface area contributed by atoms with Crippen molar-refractivity contribution < 1.29 is 18.6 Å². The lowest BCUT2D eigenvalue weighted by molar-refractivity contribution is 0.0307. The molecular formula is C21H23F2N5O2. The minimum absolute atomic E-state index is 0.186. The summed E-state index contributed by atoms with van der Waals surface area (Å²) in [5.41, 5.74) is 1.34. The van der Waals surface area contributed by atoms with Crippen molar-refractivity contribution in [2.45, 2.75) is 32.4 Å². The number of aryl methyl sites for hydroxylation is 1. The van der Waals surface area contributed by atoms with Gasteiger partial charge in [-0.25, -0.2) is 13.8 Å². The lowest BCUT2D eigenvalue weighted by Crippen LogP contribution is -2.60. The lowest BCUT2D eigenvalue weighted by atomic mass is 9.96. The zero-order valence-electron chi connectivity index (χ0n) is 17.2. The minimum Gasteiger partial charge on any atom is -0.480 e. The highest BCUT2D eigenvalue weighted by molar-refractivity contribution is 5.94. The lowest BCUT2D eigenvalue weighted by Gasteiger charge is -2.45. The van der Waals surface area contributed by atoms with Crippen molar-refractivity contribution in [2.24, 2.45) is 0 Å². The summed E-state index contributed by atoms with van der Waals surface area (Å²) in [5, 5.41) is 22.3. The monoisotopic (exact) mass is 415 g/mol. The van der Waals surface area contributed by atoms with Crippen LogP contribution in [0.4, 0.5) is 20.3 Å². The zero-order valence-corrected chi connectivity index (χ0v) is 17.2. The van der Waals surface area contributed by atoms with Crippen LogP contribution in [0.3, 0.4) is 0 Å². The molecule has 3 aromatic rings. The number of halogens is 2. The quantitative estimate of drug-likeness (QED) is 0.661. The van der Waals surface area contributed by atoms with Gasteiger partial charge in [0.15, 0.2) is 17.5 Å². The van der Waals surface area contributed by atoms with Gasteiger partial charge in [0.1, 0.15) is 11.2 Å². The second-order valence-electron chi connectivity index (χ2n) is 7.91. The van der Waals surface area contributed by atoms with Gasteiger partial charge >= 0.3 is 0 Å². The molecule has 1 fully saturated rings. The molecule has 0 aliphatic carbocycles. The third kappa shape index (κ3) is 3.49. The summed E-state index contributed by atoms with van der Waals surface area (Å²) >= 11 is 0. The normalized spacial score (nSPS) is 16.3. The van der Waals surface area contributed by atoms with Gasteiger partial charge in [-0.1, -0.05) is 12.1 Å². The highest BCUT2D eigenvalue weighted by atomic mass is 19.2. The number of pyridine rings is 1. The topological polar surface area (TPSA) is 83.4 Å². The molecule has 9 heteroatoms. The van der Waals surface area contributed by atoms with Crippen LogP contribution in [-0.2, 0) is 0 Å². The number of rotatable bonds is 5. The van der Waals surface area contributed by atoms with Crippen LogP contribution in [0.1, 0.15) is 31.1 Å². The fourth-order valence-electron chi connectivity index (χ4n) is 3.74. The fourth-order valence-corrected chi connectivity index (χ4v) is 3.74. The molecular weight excluding hydrogens is 392 g/mol. The Balaban J connectivity index is 1.76. The molecule has 1 saturated heterocycles. The zero-order chi connectivity index (χ0) is 21.6. The van der Waals surface area contributed by atoms with Gasteiger partial charge in [-0.15, -0.1) is 5.10 Å². The Labute approximate surface area is 172 Å². The molecule has 7 nitrogen and oxygen atoms in total. The summed E-state index contributed by atoms with van der Waals surface area (Å²) in [7, 11) is 1.54. The fraction of sp³-hybridized carbons (Fsp3) is 0.381. The van der Waals surface area contributed by atoms with E-state index in [0.717, 1.165) is 11.8 Å². The molecule has 0 saturated carbocycles. The van der Waals surface area contributed by atoms with Crippen molar-refractivity contribution in [1.29, 1.82) is 0 Å². The maximum atomic E-state index is 14.2. The van der Waals surface area contributed by atoms with Gasteiger partial charge in [0.25, 0.3) is 0 Å². The predicted octanol–water partition coefficient (Wildman–Crippen LogP) is 3.36. The van der Waals surface area contributed by atoms with Crippen LogP contribution in [0.25, 0.3) is 10.9 Å². The van der Waals surface area contributed by atoms with Crippen LogP contribution in [-0.4, -0.2) is 46.1 Å². The van der Waals surface area contributed by atoms with Gasteiger partial charge in [0.2, 0.25) is 5.88 Å². The number of nitrogens with zero attached hydrogens (tertiary/aromatic N) is 4. The molecule has 4 rings (SSSR count). The number of anilines is 2. The molecule has 2 N–H and O–H groups in total. The summed E-state index contributed by atoms with van der Waals surface area (Å²) in [6.07, 6.45) is 0. The van der Waals surface area contributed by atoms with Crippen molar-refractivity contribution in [3.63, 3.8) is 0 Å². The number of hydrogen-bond donors (Lipinski definition) is 2. The first-order valence-electron chi connectivity index (χ1n) is 9.60. The SMILES string of the molecule is COc1nc2c(C)nnc(N[C@H](C)c3cccc(F)c3F)c2cc1N1CC(C)(O)C1. The second kappa shape index (κ2) is 7.32. The van der Waals surface area contributed by atoms with E-state index in [4.69, 9.17) is 4.74 Å². The maximum Gasteiger partial charge on any atom is 0.237 e. The van der Waals surface area contributed by atoms with Crippen LogP contribution in [0.5, 0.6) is 5.88 Å². The van der Waals surface area contributed by atoms with Crippen LogP contribution in [0, 0.1) is 18.6 Å². The maximum absolute atomic E-state index is 14.2. The smallest absolute Gasteiger partial charge is 0.237 e. The average molecular weight is 415 g/mol. The number of hydrogen-bond acceptors (Lipinski definition) is 7. The molecule has 0 unspecified atom stereocenters. The molecule has 0 spiro atoms. The second-order valence-corrected chi connectivity index (χ2v) is 7.91. The third-order valence-electron chi connectivity index (χ3n) is 5.26. The molecule has 0 amide bonds. The van der Waals surface area contributed by atoms with Crippen molar-refractivity contribution in [3.8, 4) is 5.88 Å². The number of ether oxygens (including phenoxy) is 1. The van der Waals surface area contributed by atoms with Gasteiger partial charge in [-0.05, 0) is 32.9 Å². The van der Waals surface area contributed by atoms with E-state index in [2.05, 4.69) is 20.5 Å². The van der Waals surface area contributed by atoms with Crippen LogP contribution in [0.2, 0.25) is 0 Å². The van der Waals surface area contributed by atoms with Crippen molar-refractivity contribution >= 4 is 22.4 Å². The number of benzene rings is 1. The first-order valence-corrected chi connectivity index (χ1v) is 9.60. The van der Waals surface area contributed by atoms with E-state index in [1.165, 1.54) is 19.2 Å². The van der Waals surface area contributed by atoms with E-state index in [0.29, 0.717) is 41.4 Å². The van der Waals surface area contributed by atoms with E-state index in [1.54, 1.807) is 20.8 Å². The van der Waals surface area contributed by atoms with Crippen LogP contribution >= 0.6 is 0 Å². The van der Waals surface area contributed by atoms with E-state index < -0.39 is 23.3 Å². The number of aliphatic hydroxyl groups is 1. The molecule has 1 aliphatic heterocycles. The number of fused-ring (bicyclic) bond motifs is 1.